The minimum Gasteiger partial charge on any atom is -0.314 e. The Morgan fingerprint density at radius 1 is 0.912 bits per heavy atom. The first-order valence-corrected chi connectivity index (χ1v) is 15.4. The molecule has 3 aromatic rings. The second-order valence-electron chi connectivity index (χ2n) is 8.80. The lowest BCUT2D eigenvalue weighted by Crippen LogP contribution is -2.21. The largest absolute Gasteiger partial charge is 0.314 e. The van der Waals surface area contributed by atoms with Crippen molar-refractivity contribution in [3.63, 3.8) is 0 Å². The molecule has 4 heteroatoms. The van der Waals surface area contributed by atoms with Crippen LogP contribution in [-0.4, -0.2) is 16.5 Å². The van der Waals surface area contributed by atoms with E-state index in [1.807, 2.05) is 11.8 Å². The summed E-state index contributed by atoms with van der Waals surface area (Å²) in [5, 5.41) is 1.58. The van der Waals surface area contributed by atoms with Gasteiger partial charge in [-0.2, -0.15) is 12.6 Å². The van der Waals surface area contributed by atoms with E-state index in [0.29, 0.717) is 0 Å². The minimum absolute atomic E-state index is 0.758. The lowest BCUT2D eigenvalue weighted by molar-refractivity contribution is 0.773. The van der Waals surface area contributed by atoms with Crippen LogP contribution in [0.4, 0.5) is 11.4 Å². The minimum atomic E-state index is -0.758. The maximum atomic E-state index is 4.52. The highest BCUT2D eigenvalue weighted by molar-refractivity contribution is 8.23. The summed E-state index contributed by atoms with van der Waals surface area (Å²) in [5.74, 6) is 0.959. The maximum absolute atomic E-state index is 4.52. The van der Waals surface area contributed by atoms with Crippen LogP contribution < -0.4 is 10.2 Å². The monoisotopic (exact) mass is 501 g/mol. The van der Waals surface area contributed by atoms with Crippen LogP contribution in [0, 0.1) is 0 Å². The van der Waals surface area contributed by atoms with Crippen LogP contribution in [-0.2, 0) is 0 Å². The number of unbranched alkanes of at least 4 members (excludes halogenated alkanes) is 1. The number of anilines is 2. The Balaban J connectivity index is 1.64. The third-order valence-electron chi connectivity index (χ3n) is 6.47. The van der Waals surface area contributed by atoms with E-state index in [4.69, 9.17) is 0 Å². The molecular weight excluding hydrogens is 469 g/mol. The molecule has 5 rings (SSSR count). The molecule has 2 heterocycles. The van der Waals surface area contributed by atoms with Crippen molar-refractivity contribution < 1.29 is 0 Å². The van der Waals surface area contributed by atoms with Crippen molar-refractivity contribution in [1.29, 1.82) is 0 Å². The van der Waals surface area contributed by atoms with E-state index in [-0.39, 0.29) is 0 Å². The molecule has 0 bridgehead atoms. The molecule has 0 amide bonds. The van der Waals surface area contributed by atoms with E-state index in [1.54, 1.807) is 9.93 Å². The van der Waals surface area contributed by atoms with Crippen LogP contribution in [0.1, 0.15) is 38.2 Å². The van der Waals surface area contributed by atoms with Crippen molar-refractivity contribution in [3.8, 4) is 0 Å². The molecule has 1 atom stereocenters. The molecule has 2 aliphatic rings. The predicted octanol–water partition coefficient (Wildman–Crippen LogP) is 8.39. The summed E-state index contributed by atoms with van der Waals surface area (Å²) in [4.78, 5) is 3.92. The van der Waals surface area contributed by atoms with Gasteiger partial charge in [-0.3, -0.25) is 0 Å². The van der Waals surface area contributed by atoms with Crippen molar-refractivity contribution in [1.82, 2.24) is 0 Å². The number of para-hydroxylation sites is 2. The van der Waals surface area contributed by atoms with Gasteiger partial charge in [0.05, 0.1) is 5.69 Å². The predicted molar refractivity (Wildman–Crippen MR) is 159 cm³/mol. The molecule has 174 valence electrons. The van der Waals surface area contributed by atoms with Gasteiger partial charge in [0.2, 0.25) is 0 Å². The molecule has 0 saturated carbocycles. The van der Waals surface area contributed by atoms with Gasteiger partial charge in [-0.05, 0) is 78.5 Å². The van der Waals surface area contributed by atoms with Crippen LogP contribution in [0.5, 0.6) is 0 Å². The van der Waals surface area contributed by atoms with Crippen molar-refractivity contribution in [2.24, 2.45) is 0 Å². The summed E-state index contributed by atoms with van der Waals surface area (Å²) < 4.78 is 1.57. The van der Waals surface area contributed by atoms with Gasteiger partial charge in [0.25, 0.3) is 0 Å². The van der Waals surface area contributed by atoms with Crippen molar-refractivity contribution in [3.05, 3.63) is 102 Å². The molecule has 1 nitrogen and oxygen atoms in total. The topological polar surface area (TPSA) is 3.24 Å². The molecule has 0 aromatic heterocycles. The quantitative estimate of drug-likeness (QED) is 0.244. The van der Waals surface area contributed by atoms with Gasteiger partial charge in [-0.15, -0.1) is 0 Å². The number of hydrogen-bond donors (Lipinski definition) is 1. The van der Waals surface area contributed by atoms with E-state index < -0.39 is 7.55 Å². The lowest BCUT2D eigenvalue weighted by atomic mass is 9.95. The Hall–Kier alpha value is -2.06. The Morgan fingerprint density at radius 2 is 1.68 bits per heavy atom. The number of thioether (sulfide) groups is 1. The highest BCUT2D eigenvalue weighted by Crippen LogP contribution is 2.46. The van der Waals surface area contributed by atoms with Crippen molar-refractivity contribution in [2.75, 3.05) is 16.8 Å². The summed E-state index contributed by atoms with van der Waals surface area (Å²) in [6.45, 7) is 2.28. The lowest BCUT2D eigenvalue weighted by Gasteiger charge is -2.34. The van der Waals surface area contributed by atoms with Gasteiger partial charge in [-0.1, -0.05) is 87.2 Å². The number of allylic oxidation sites excluding steroid dienone is 3. The number of benzene rings is 3. The molecule has 34 heavy (non-hydrogen) atoms. The van der Waals surface area contributed by atoms with Gasteiger partial charge >= 0.3 is 0 Å². The molecule has 0 aliphatic carbocycles. The fraction of sp³-hybridized carbons (Fsp3) is 0.233. The Morgan fingerprint density at radius 3 is 2.50 bits per heavy atom. The zero-order valence-corrected chi connectivity index (χ0v) is 22.4. The first-order chi connectivity index (χ1) is 16.8. The number of rotatable bonds is 8. The Bertz CT molecular complexity index is 1260. The second-order valence-corrected chi connectivity index (χ2v) is 13.2. The van der Waals surface area contributed by atoms with Gasteiger partial charge in [-0.25, -0.2) is 0 Å². The highest BCUT2D eigenvalue weighted by atomic mass is 32.2. The molecular formula is C30H32NPS2. The summed E-state index contributed by atoms with van der Waals surface area (Å²) in [6, 6.07) is 28.8. The number of thiol groups is 1. The molecule has 0 saturated heterocycles. The van der Waals surface area contributed by atoms with E-state index in [1.165, 1.54) is 58.5 Å². The van der Waals surface area contributed by atoms with Gasteiger partial charge in [0.1, 0.15) is 0 Å². The van der Waals surface area contributed by atoms with Crippen LogP contribution in [0.25, 0.3) is 5.57 Å². The summed E-state index contributed by atoms with van der Waals surface area (Å²) >= 11 is 6.52. The number of fused-ring (bicyclic) bond motifs is 2. The van der Waals surface area contributed by atoms with E-state index in [2.05, 4.69) is 115 Å². The fourth-order valence-corrected chi connectivity index (χ4v) is 10.3. The second kappa shape index (κ2) is 11.1. The summed E-state index contributed by atoms with van der Waals surface area (Å²) in [6.07, 6.45) is 10.9. The summed E-state index contributed by atoms with van der Waals surface area (Å²) in [7, 11) is -0.758. The first kappa shape index (κ1) is 23.7. The molecule has 1 unspecified atom stereocenters. The Kier molecular flexibility index (Phi) is 7.74. The Labute approximate surface area is 214 Å². The molecule has 0 radical (unpaired) electrons. The smallest absolute Gasteiger partial charge is 0.0536 e. The van der Waals surface area contributed by atoms with Crippen LogP contribution >= 0.6 is 31.9 Å². The van der Waals surface area contributed by atoms with Gasteiger partial charge in [0.15, 0.2) is 0 Å². The van der Waals surface area contributed by atoms with Gasteiger partial charge in [0, 0.05) is 26.5 Å². The summed E-state index contributed by atoms with van der Waals surface area (Å²) in [5.41, 5.74) is 6.61. The highest BCUT2D eigenvalue weighted by Gasteiger charge is 2.25. The van der Waals surface area contributed by atoms with Crippen molar-refractivity contribution in [2.45, 2.75) is 37.5 Å². The van der Waals surface area contributed by atoms with Crippen LogP contribution in [0.2, 0.25) is 0 Å². The average molecular weight is 502 g/mol. The van der Waals surface area contributed by atoms with E-state index in [9.17, 15) is 0 Å². The van der Waals surface area contributed by atoms with Crippen molar-refractivity contribution >= 4 is 58.8 Å². The first-order valence-electron chi connectivity index (χ1n) is 12.3. The number of nitrogens with zero attached hydrogens (tertiary/aromatic N) is 1. The third kappa shape index (κ3) is 4.85. The average Bonchev–Trinajstić information content (AvgIpc) is 3.23. The standard InChI is InChI=1S/C30H32NPS2/c1-2-3-12-25-21-23(22-30-32(19-11-20-33)28-17-9-10-18-29(28)34-30)26-15-7-8-16-27(26)31(25)24-13-5-4-6-14-24/h4-10,13-18,21-22,32-33H,2-3,11-12,19-20H2,1H3/b23-22+. The van der Waals surface area contributed by atoms with Crippen LogP contribution in [0.15, 0.2) is 102 Å². The normalized spacial score (nSPS) is 18.1. The van der Waals surface area contributed by atoms with E-state index in [0.717, 1.165) is 12.2 Å². The molecule has 0 fully saturated rings. The molecule has 2 aliphatic heterocycles. The van der Waals surface area contributed by atoms with E-state index >= 15 is 0 Å². The third-order valence-corrected chi connectivity index (χ3v) is 11.6. The SMILES string of the molecule is CCCCC1=C/C(=C\C2=[PH](CCCS)c3ccccc3S2)c2ccccc2N1c1ccccc1. The maximum Gasteiger partial charge on any atom is 0.0536 e. The zero-order chi connectivity index (χ0) is 23.3. The molecule has 3 aromatic carbocycles. The fourth-order valence-electron chi connectivity index (χ4n) is 4.82. The number of hydrogen-bond acceptors (Lipinski definition) is 3. The molecule has 0 spiro atoms. The molecule has 0 N–H and O–H groups in total. The van der Waals surface area contributed by atoms with Gasteiger partial charge < -0.3 is 4.90 Å². The van der Waals surface area contributed by atoms with Crippen LogP contribution in [0.3, 0.4) is 0 Å². The zero-order valence-electron chi connectivity index (χ0n) is 19.7.